The molecule has 1 N–H and O–H groups in total. The van der Waals surface area contributed by atoms with Crippen LogP contribution >= 0.6 is 35.0 Å². The van der Waals surface area contributed by atoms with Crippen molar-refractivity contribution in [1.29, 1.82) is 0 Å². The molecule has 1 aliphatic heterocycles. The number of furan rings is 1. The van der Waals surface area contributed by atoms with Crippen molar-refractivity contribution in [2.75, 3.05) is 11.9 Å². The molecule has 0 fully saturated rings. The van der Waals surface area contributed by atoms with Crippen molar-refractivity contribution < 1.29 is 14.3 Å². The van der Waals surface area contributed by atoms with Crippen molar-refractivity contribution >= 4 is 57.8 Å². The number of thioether (sulfide) groups is 1. The van der Waals surface area contributed by atoms with Gasteiger partial charge in [0.1, 0.15) is 17.3 Å². The smallest absolute Gasteiger partial charge is 0.286 e. The second-order valence-electron chi connectivity index (χ2n) is 6.18. The maximum absolute atomic E-state index is 12.3. The average Bonchev–Trinajstić information content (AvgIpc) is 3.29. The van der Waals surface area contributed by atoms with E-state index in [1.807, 2.05) is 0 Å². The molecule has 2 aromatic carbocycles. The predicted molar refractivity (Wildman–Crippen MR) is 119 cm³/mol. The van der Waals surface area contributed by atoms with E-state index in [2.05, 4.69) is 4.99 Å². The Balaban J connectivity index is 1.55. The molecule has 29 heavy (non-hydrogen) atoms. The molecule has 0 saturated carbocycles. The second-order valence-corrected chi connectivity index (χ2v) is 8.01. The Labute approximate surface area is 181 Å². The SMILES string of the molecule is CN(C1=NC(=O)C(=Cc2ccc(-c3c(Cl)cccc3Cl)o2)S1)c1ccc(O)cc1. The number of carbonyl (C=O) groups is 1. The summed E-state index contributed by atoms with van der Waals surface area (Å²) in [7, 11) is 1.80. The first kappa shape index (κ1) is 19.6. The van der Waals surface area contributed by atoms with Crippen LogP contribution in [0.2, 0.25) is 10.0 Å². The highest BCUT2D eigenvalue weighted by atomic mass is 35.5. The molecule has 0 bridgehead atoms. The van der Waals surface area contributed by atoms with Gasteiger partial charge in [-0.2, -0.15) is 4.99 Å². The molecule has 146 valence electrons. The van der Waals surface area contributed by atoms with E-state index >= 15 is 0 Å². The highest BCUT2D eigenvalue weighted by Gasteiger charge is 2.26. The molecular formula is C21H14Cl2N2O3S. The second kappa shape index (κ2) is 7.99. The number of anilines is 1. The lowest BCUT2D eigenvalue weighted by atomic mass is 10.2. The number of aliphatic imine (C=N–C) groups is 1. The van der Waals surface area contributed by atoms with Crippen LogP contribution in [0.1, 0.15) is 5.76 Å². The fraction of sp³-hybridized carbons (Fsp3) is 0.0476. The zero-order chi connectivity index (χ0) is 20.5. The van der Waals surface area contributed by atoms with Gasteiger partial charge in [-0.25, -0.2) is 0 Å². The Hall–Kier alpha value is -2.67. The lowest BCUT2D eigenvalue weighted by Gasteiger charge is -2.17. The van der Waals surface area contributed by atoms with Crippen molar-refractivity contribution in [3.8, 4) is 17.1 Å². The van der Waals surface area contributed by atoms with Crippen LogP contribution in [0.15, 0.2) is 68.9 Å². The van der Waals surface area contributed by atoms with Crippen LogP contribution in [0.25, 0.3) is 17.4 Å². The predicted octanol–water partition coefficient (Wildman–Crippen LogP) is 6.07. The van der Waals surface area contributed by atoms with Crippen LogP contribution in [-0.4, -0.2) is 23.2 Å². The van der Waals surface area contributed by atoms with Crippen LogP contribution in [0.5, 0.6) is 5.75 Å². The number of aromatic hydroxyl groups is 1. The minimum absolute atomic E-state index is 0.173. The van der Waals surface area contributed by atoms with Crippen molar-refractivity contribution in [1.82, 2.24) is 0 Å². The van der Waals surface area contributed by atoms with Crippen molar-refractivity contribution in [2.45, 2.75) is 0 Å². The summed E-state index contributed by atoms with van der Waals surface area (Å²) in [5, 5.41) is 10.9. The van der Waals surface area contributed by atoms with Gasteiger partial charge in [0, 0.05) is 18.8 Å². The van der Waals surface area contributed by atoms with E-state index in [4.69, 9.17) is 27.6 Å². The van der Waals surface area contributed by atoms with Crippen LogP contribution in [0, 0.1) is 0 Å². The molecule has 5 nitrogen and oxygen atoms in total. The molecule has 0 saturated heterocycles. The highest BCUT2D eigenvalue weighted by Crippen LogP contribution is 2.37. The molecular weight excluding hydrogens is 431 g/mol. The van der Waals surface area contributed by atoms with Gasteiger partial charge in [0.15, 0.2) is 5.17 Å². The topological polar surface area (TPSA) is 66.0 Å². The summed E-state index contributed by atoms with van der Waals surface area (Å²) in [5.74, 6) is 0.845. The van der Waals surface area contributed by atoms with Gasteiger partial charge in [-0.15, -0.1) is 0 Å². The third-order valence-corrected chi connectivity index (χ3v) is 5.93. The summed E-state index contributed by atoms with van der Waals surface area (Å²) in [4.78, 5) is 18.7. The summed E-state index contributed by atoms with van der Waals surface area (Å²) in [5.41, 5.74) is 1.41. The van der Waals surface area contributed by atoms with E-state index in [0.717, 1.165) is 5.69 Å². The zero-order valence-corrected chi connectivity index (χ0v) is 17.4. The van der Waals surface area contributed by atoms with E-state index < -0.39 is 0 Å². The monoisotopic (exact) mass is 444 g/mol. The Kier molecular flexibility index (Phi) is 5.41. The lowest BCUT2D eigenvalue weighted by molar-refractivity contribution is -0.113. The molecule has 1 aliphatic rings. The van der Waals surface area contributed by atoms with Crippen LogP contribution in [0.4, 0.5) is 5.69 Å². The van der Waals surface area contributed by atoms with Gasteiger partial charge in [-0.3, -0.25) is 4.79 Å². The molecule has 2 heterocycles. The fourth-order valence-electron chi connectivity index (χ4n) is 2.76. The van der Waals surface area contributed by atoms with Crippen molar-refractivity contribution in [3.63, 3.8) is 0 Å². The number of nitrogens with zero attached hydrogens (tertiary/aromatic N) is 2. The van der Waals surface area contributed by atoms with Crippen LogP contribution < -0.4 is 4.90 Å². The van der Waals surface area contributed by atoms with Gasteiger partial charge in [0.05, 0.1) is 20.5 Å². The van der Waals surface area contributed by atoms with E-state index in [9.17, 15) is 9.90 Å². The molecule has 4 rings (SSSR count). The Morgan fingerprint density at radius 3 is 2.45 bits per heavy atom. The summed E-state index contributed by atoms with van der Waals surface area (Å²) in [6.07, 6.45) is 1.64. The van der Waals surface area contributed by atoms with Crippen molar-refractivity contribution in [2.24, 2.45) is 4.99 Å². The number of rotatable bonds is 3. The van der Waals surface area contributed by atoms with Gasteiger partial charge >= 0.3 is 0 Å². The van der Waals surface area contributed by atoms with E-state index in [-0.39, 0.29) is 11.7 Å². The fourth-order valence-corrected chi connectivity index (χ4v) is 4.21. The Morgan fingerprint density at radius 1 is 1.07 bits per heavy atom. The summed E-state index contributed by atoms with van der Waals surface area (Å²) < 4.78 is 5.83. The first-order valence-electron chi connectivity index (χ1n) is 8.52. The Bertz CT molecular complexity index is 1130. The molecule has 1 aromatic heterocycles. The summed E-state index contributed by atoms with van der Waals surface area (Å²) >= 11 is 13.7. The molecule has 1 amide bonds. The average molecular weight is 445 g/mol. The standard InChI is InChI=1S/C21H14Cl2N2O3S/c1-25(12-5-7-13(26)8-6-12)21-24-20(27)18(29-21)11-14-9-10-17(28-14)19-15(22)3-2-4-16(19)23/h2-11,26H,1H3. The molecule has 0 unspecified atom stereocenters. The highest BCUT2D eigenvalue weighted by molar-refractivity contribution is 8.18. The molecule has 0 aliphatic carbocycles. The van der Waals surface area contributed by atoms with E-state index in [1.54, 1.807) is 72.6 Å². The van der Waals surface area contributed by atoms with Gasteiger partial charge in [0.25, 0.3) is 5.91 Å². The molecule has 3 aromatic rings. The number of benzene rings is 2. The van der Waals surface area contributed by atoms with Gasteiger partial charge < -0.3 is 14.4 Å². The number of phenols is 1. The number of amides is 1. The van der Waals surface area contributed by atoms with E-state index in [1.165, 1.54) is 11.8 Å². The number of hydrogen-bond acceptors (Lipinski definition) is 5. The number of phenolic OH excluding ortho intramolecular Hbond substituents is 1. The maximum Gasteiger partial charge on any atom is 0.286 e. The van der Waals surface area contributed by atoms with Crippen LogP contribution in [0.3, 0.4) is 0 Å². The normalized spacial score (nSPS) is 15.1. The molecule has 8 heteroatoms. The third-order valence-electron chi connectivity index (χ3n) is 4.24. The zero-order valence-electron chi connectivity index (χ0n) is 15.1. The van der Waals surface area contributed by atoms with Gasteiger partial charge in [0.2, 0.25) is 0 Å². The van der Waals surface area contributed by atoms with Crippen LogP contribution in [-0.2, 0) is 4.79 Å². The number of amidine groups is 1. The minimum Gasteiger partial charge on any atom is -0.508 e. The minimum atomic E-state index is -0.343. The molecule has 0 atom stereocenters. The van der Waals surface area contributed by atoms with Crippen molar-refractivity contribution in [3.05, 3.63) is 75.3 Å². The number of carbonyl (C=O) groups excluding carboxylic acids is 1. The summed E-state index contributed by atoms with van der Waals surface area (Å²) in [6, 6.07) is 15.4. The first-order chi connectivity index (χ1) is 13.9. The lowest BCUT2D eigenvalue weighted by Crippen LogP contribution is -2.21. The third kappa shape index (κ3) is 4.05. The maximum atomic E-state index is 12.3. The molecule has 0 spiro atoms. The first-order valence-corrected chi connectivity index (χ1v) is 10.1. The number of hydrogen-bond donors (Lipinski definition) is 1. The molecule has 0 radical (unpaired) electrons. The van der Waals surface area contributed by atoms with Gasteiger partial charge in [-0.05, 0) is 60.3 Å². The summed E-state index contributed by atoms with van der Waals surface area (Å²) in [6.45, 7) is 0. The quantitative estimate of drug-likeness (QED) is 0.496. The van der Waals surface area contributed by atoms with Gasteiger partial charge in [-0.1, -0.05) is 29.3 Å². The number of halogens is 2. The van der Waals surface area contributed by atoms with E-state index in [0.29, 0.717) is 37.2 Å². The largest absolute Gasteiger partial charge is 0.508 e. The Morgan fingerprint density at radius 2 is 1.76 bits per heavy atom.